The Balaban J connectivity index is 2.50. The molecule has 0 radical (unpaired) electrons. The lowest BCUT2D eigenvalue weighted by atomic mass is 10.1. The maximum atomic E-state index is 3.74. The predicted molar refractivity (Wildman–Crippen MR) is 84.7 cm³/mol. The Morgan fingerprint density at radius 2 is 1.84 bits per heavy atom. The number of likely N-dealkylation sites (N-methyl/N-ethyl adjacent to an activating group) is 1. The molecule has 19 heavy (non-hydrogen) atoms. The fourth-order valence-electron chi connectivity index (χ4n) is 3.24. The molecule has 2 unspecified atom stereocenters. The zero-order chi connectivity index (χ0) is 14.3. The second-order valence-corrected chi connectivity index (χ2v) is 6.19. The third kappa shape index (κ3) is 5.41. The molecule has 1 aliphatic rings. The van der Waals surface area contributed by atoms with Gasteiger partial charge in [-0.05, 0) is 46.2 Å². The maximum absolute atomic E-state index is 3.74. The van der Waals surface area contributed by atoms with E-state index >= 15 is 0 Å². The smallest absolute Gasteiger partial charge is 0.0223 e. The summed E-state index contributed by atoms with van der Waals surface area (Å²) in [5.41, 5.74) is 0. The van der Waals surface area contributed by atoms with Crippen LogP contribution in [0.5, 0.6) is 0 Å². The third-order valence-electron chi connectivity index (χ3n) is 4.67. The van der Waals surface area contributed by atoms with E-state index < -0.39 is 0 Å². The second-order valence-electron chi connectivity index (χ2n) is 6.19. The standard InChI is InChI=1S/C16H35N3/c1-6-15(7-2)17-12-14(4)19-11-9-10-18(5)13-16(19)8-3/h14-17H,6-13H2,1-5H3. The van der Waals surface area contributed by atoms with Gasteiger partial charge in [0.2, 0.25) is 0 Å². The highest BCUT2D eigenvalue weighted by Gasteiger charge is 2.25. The first kappa shape index (κ1) is 16.9. The largest absolute Gasteiger partial charge is 0.312 e. The zero-order valence-electron chi connectivity index (χ0n) is 13.8. The van der Waals surface area contributed by atoms with E-state index in [4.69, 9.17) is 0 Å². The molecule has 0 amide bonds. The lowest BCUT2D eigenvalue weighted by Crippen LogP contribution is -2.49. The Morgan fingerprint density at radius 3 is 2.42 bits per heavy atom. The zero-order valence-corrected chi connectivity index (χ0v) is 13.8. The summed E-state index contributed by atoms with van der Waals surface area (Å²) in [5.74, 6) is 0. The summed E-state index contributed by atoms with van der Waals surface area (Å²) >= 11 is 0. The molecule has 3 heteroatoms. The van der Waals surface area contributed by atoms with Crippen LogP contribution in [-0.4, -0.2) is 61.2 Å². The van der Waals surface area contributed by atoms with Gasteiger partial charge in [0.15, 0.2) is 0 Å². The van der Waals surface area contributed by atoms with Crippen LogP contribution >= 0.6 is 0 Å². The summed E-state index contributed by atoms with van der Waals surface area (Å²) in [5, 5.41) is 3.74. The number of rotatable bonds is 7. The lowest BCUT2D eigenvalue weighted by molar-refractivity contribution is 0.132. The van der Waals surface area contributed by atoms with Gasteiger partial charge in [-0.25, -0.2) is 0 Å². The van der Waals surface area contributed by atoms with Gasteiger partial charge >= 0.3 is 0 Å². The van der Waals surface area contributed by atoms with Gasteiger partial charge in [0, 0.05) is 37.8 Å². The molecule has 2 atom stereocenters. The molecule has 0 aliphatic carbocycles. The highest BCUT2D eigenvalue weighted by Crippen LogP contribution is 2.15. The Bertz CT molecular complexity index is 228. The number of hydrogen-bond acceptors (Lipinski definition) is 3. The number of nitrogens with zero attached hydrogens (tertiary/aromatic N) is 2. The van der Waals surface area contributed by atoms with Gasteiger partial charge in [0.1, 0.15) is 0 Å². The monoisotopic (exact) mass is 269 g/mol. The molecule has 1 N–H and O–H groups in total. The number of nitrogens with one attached hydrogen (secondary N) is 1. The van der Waals surface area contributed by atoms with Crippen molar-refractivity contribution in [3.63, 3.8) is 0 Å². The first-order valence-corrected chi connectivity index (χ1v) is 8.29. The molecule has 1 fully saturated rings. The summed E-state index contributed by atoms with van der Waals surface area (Å²) in [6.45, 7) is 14.1. The van der Waals surface area contributed by atoms with E-state index in [1.165, 1.54) is 45.3 Å². The van der Waals surface area contributed by atoms with Gasteiger partial charge < -0.3 is 10.2 Å². The van der Waals surface area contributed by atoms with E-state index in [9.17, 15) is 0 Å². The number of hydrogen-bond donors (Lipinski definition) is 1. The fourth-order valence-corrected chi connectivity index (χ4v) is 3.24. The maximum Gasteiger partial charge on any atom is 0.0223 e. The Morgan fingerprint density at radius 1 is 1.16 bits per heavy atom. The van der Waals surface area contributed by atoms with Crippen LogP contribution < -0.4 is 5.32 Å². The van der Waals surface area contributed by atoms with Crippen molar-refractivity contribution < 1.29 is 0 Å². The molecule has 0 bridgehead atoms. The molecule has 1 saturated heterocycles. The van der Waals surface area contributed by atoms with Crippen molar-refractivity contribution in [2.24, 2.45) is 0 Å². The molecule has 1 rings (SSSR count). The van der Waals surface area contributed by atoms with Crippen LogP contribution in [-0.2, 0) is 0 Å². The average Bonchev–Trinajstić information content (AvgIpc) is 2.61. The SMILES string of the molecule is CCC(CC)NCC(C)N1CCCN(C)CC1CC. The van der Waals surface area contributed by atoms with Crippen molar-refractivity contribution >= 4 is 0 Å². The van der Waals surface area contributed by atoms with Gasteiger partial charge in [-0.3, -0.25) is 4.90 Å². The van der Waals surface area contributed by atoms with E-state index in [0.29, 0.717) is 12.1 Å². The summed E-state index contributed by atoms with van der Waals surface area (Å²) in [6, 6.07) is 2.07. The van der Waals surface area contributed by atoms with Crippen LogP contribution in [0.2, 0.25) is 0 Å². The molecule has 0 saturated carbocycles. The lowest BCUT2D eigenvalue weighted by Gasteiger charge is -2.36. The van der Waals surface area contributed by atoms with Crippen molar-refractivity contribution in [1.29, 1.82) is 0 Å². The van der Waals surface area contributed by atoms with E-state index in [2.05, 4.69) is 49.9 Å². The van der Waals surface area contributed by atoms with Crippen LogP contribution in [0.3, 0.4) is 0 Å². The molecular weight excluding hydrogens is 234 g/mol. The molecule has 0 spiro atoms. The molecule has 0 aromatic rings. The van der Waals surface area contributed by atoms with Crippen LogP contribution in [0.1, 0.15) is 53.4 Å². The van der Waals surface area contributed by atoms with E-state index in [0.717, 1.165) is 12.6 Å². The summed E-state index contributed by atoms with van der Waals surface area (Å²) in [4.78, 5) is 5.23. The second kappa shape index (κ2) is 8.93. The molecule has 0 aromatic carbocycles. The van der Waals surface area contributed by atoms with Crippen molar-refractivity contribution in [3.05, 3.63) is 0 Å². The van der Waals surface area contributed by atoms with Gasteiger partial charge in [0.25, 0.3) is 0 Å². The minimum atomic E-state index is 0.650. The van der Waals surface area contributed by atoms with E-state index in [-0.39, 0.29) is 0 Å². The van der Waals surface area contributed by atoms with Crippen LogP contribution in [0.25, 0.3) is 0 Å². The molecule has 1 heterocycles. The quantitative estimate of drug-likeness (QED) is 0.766. The summed E-state index contributed by atoms with van der Waals surface area (Å²) < 4.78 is 0. The topological polar surface area (TPSA) is 18.5 Å². The highest BCUT2D eigenvalue weighted by atomic mass is 15.3. The minimum absolute atomic E-state index is 0.650. The van der Waals surface area contributed by atoms with Crippen molar-refractivity contribution in [2.75, 3.05) is 33.2 Å². The van der Waals surface area contributed by atoms with E-state index in [1.807, 2.05) is 0 Å². The molecular formula is C16H35N3. The third-order valence-corrected chi connectivity index (χ3v) is 4.67. The Kier molecular flexibility index (Phi) is 7.96. The Hall–Kier alpha value is -0.120. The predicted octanol–water partition coefficient (Wildman–Crippen LogP) is 2.57. The molecule has 114 valence electrons. The van der Waals surface area contributed by atoms with Crippen LogP contribution in [0.15, 0.2) is 0 Å². The van der Waals surface area contributed by atoms with Crippen LogP contribution in [0, 0.1) is 0 Å². The van der Waals surface area contributed by atoms with E-state index in [1.54, 1.807) is 0 Å². The Labute approximate surface area is 120 Å². The van der Waals surface area contributed by atoms with Gasteiger partial charge in [-0.1, -0.05) is 20.8 Å². The average molecular weight is 269 g/mol. The van der Waals surface area contributed by atoms with Crippen molar-refractivity contribution in [2.45, 2.75) is 71.5 Å². The molecule has 3 nitrogen and oxygen atoms in total. The first-order valence-electron chi connectivity index (χ1n) is 8.29. The normalized spacial score (nSPS) is 24.6. The van der Waals surface area contributed by atoms with Crippen molar-refractivity contribution in [3.8, 4) is 0 Å². The van der Waals surface area contributed by atoms with Gasteiger partial charge in [-0.15, -0.1) is 0 Å². The highest BCUT2D eigenvalue weighted by molar-refractivity contribution is 4.83. The van der Waals surface area contributed by atoms with Crippen LogP contribution in [0.4, 0.5) is 0 Å². The molecule has 0 aromatic heterocycles. The first-order chi connectivity index (χ1) is 9.12. The van der Waals surface area contributed by atoms with Crippen molar-refractivity contribution in [1.82, 2.24) is 15.1 Å². The van der Waals surface area contributed by atoms with Gasteiger partial charge in [0.05, 0.1) is 0 Å². The fraction of sp³-hybridized carbons (Fsp3) is 1.00. The van der Waals surface area contributed by atoms with Gasteiger partial charge in [-0.2, -0.15) is 0 Å². The minimum Gasteiger partial charge on any atom is -0.312 e. The summed E-state index contributed by atoms with van der Waals surface area (Å²) in [6.07, 6.45) is 5.05. The molecule has 1 aliphatic heterocycles. The summed E-state index contributed by atoms with van der Waals surface area (Å²) in [7, 11) is 2.26.